The summed E-state index contributed by atoms with van der Waals surface area (Å²) in [6, 6.07) is 19.4. The van der Waals surface area contributed by atoms with Crippen LogP contribution >= 0.6 is 11.8 Å². The zero-order chi connectivity index (χ0) is 18.5. The third kappa shape index (κ3) is 4.39. The van der Waals surface area contributed by atoms with Gasteiger partial charge < -0.3 is 0 Å². The van der Waals surface area contributed by atoms with E-state index in [1.165, 1.54) is 16.7 Å². The quantitative estimate of drug-likeness (QED) is 0.657. The molecule has 0 radical (unpaired) electrons. The number of aromatic nitrogens is 4. The van der Waals surface area contributed by atoms with E-state index >= 15 is 0 Å². The summed E-state index contributed by atoms with van der Waals surface area (Å²) in [5.74, 6) is 3.27. The van der Waals surface area contributed by atoms with Crippen LogP contribution in [0.15, 0.2) is 54.6 Å². The predicted molar refractivity (Wildman–Crippen MR) is 110 cm³/mol. The van der Waals surface area contributed by atoms with Gasteiger partial charge in [0.2, 0.25) is 0 Å². The highest BCUT2D eigenvalue weighted by atomic mass is 32.2. The maximum absolute atomic E-state index is 4.46. The Labute approximate surface area is 164 Å². The second-order valence-electron chi connectivity index (χ2n) is 6.96. The van der Waals surface area contributed by atoms with Gasteiger partial charge in [-0.3, -0.25) is 4.90 Å². The third-order valence-corrected chi connectivity index (χ3v) is 6.01. The lowest BCUT2D eigenvalue weighted by Crippen LogP contribution is -2.38. The molecule has 4 rings (SSSR count). The molecular formula is C21H25N5S. The van der Waals surface area contributed by atoms with Crippen LogP contribution in [0.5, 0.6) is 0 Å². The van der Waals surface area contributed by atoms with Crippen LogP contribution in [-0.2, 0) is 13.0 Å². The molecule has 27 heavy (non-hydrogen) atoms. The number of hydrogen-bond acceptors (Lipinski definition) is 5. The van der Waals surface area contributed by atoms with Gasteiger partial charge in [0.25, 0.3) is 0 Å². The lowest BCUT2D eigenvalue weighted by Gasteiger charge is -2.33. The van der Waals surface area contributed by atoms with Gasteiger partial charge in [0, 0.05) is 31.1 Å². The van der Waals surface area contributed by atoms with Gasteiger partial charge in [-0.1, -0.05) is 60.2 Å². The summed E-state index contributed by atoms with van der Waals surface area (Å²) in [5, 5.41) is 12.8. The number of tetrazole rings is 1. The second kappa shape index (κ2) is 8.67. The average molecular weight is 380 g/mol. The molecule has 140 valence electrons. The third-order valence-electron chi connectivity index (χ3n) is 5.06. The zero-order valence-corrected chi connectivity index (χ0v) is 16.5. The minimum Gasteiger partial charge on any atom is -0.288 e. The smallest absolute Gasteiger partial charge is 0.173 e. The van der Waals surface area contributed by atoms with Crippen molar-refractivity contribution >= 4 is 11.8 Å². The predicted octanol–water partition coefficient (Wildman–Crippen LogP) is 3.36. The Bertz CT molecular complexity index is 841. The summed E-state index contributed by atoms with van der Waals surface area (Å²) in [5.41, 5.74) is 3.85. The van der Waals surface area contributed by atoms with Crippen LogP contribution in [-0.4, -0.2) is 49.7 Å². The lowest BCUT2D eigenvalue weighted by molar-refractivity contribution is 0.234. The number of nitrogens with zero attached hydrogens (tertiary/aromatic N) is 5. The van der Waals surface area contributed by atoms with Gasteiger partial charge >= 0.3 is 0 Å². The van der Waals surface area contributed by atoms with Gasteiger partial charge in [-0.25, -0.2) is 4.68 Å². The fourth-order valence-corrected chi connectivity index (χ4v) is 4.49. The van der Waals surface area contributed by atoms with Crippen molar-refractivity contribution in [3.05, 3.63) is 77.1 Å². The number of hydrogen-bond donors (Lipinski definition) is 0. The molecule has 1 fully saturated rings. The minimum absolute atomic E-state index is 0.109. The second-order valence-corrected chi connectivity index (χ2v) is 8.18. The first-order valence-electron chi connectivity index (χ1n) is 9.49. The molecule has 2 aromatic carbocycles. The molecule has 1 aliphatic rings. The molecule has 0 spiro atoms. The molecule has 1 aliphatic heterocycles. The molecule has 1 saturated heterocycles. The molecule has 5 nitrogen and oxygen atoms in total. The first-order valence-corrected chi connectivity index (χ1v) is 10.6. The molecule has 2 heterocycles. The van der Waals surface area contributed by atoms with Crippen molar-refractivity contribution in [3.8, 4) is 0 Å². The fourth-order valence-electron chi connectivity index (χ4n) is 3.55. The van der Waals surface area contributed by atoms with Crippen LogP contribution in [0.3, 0.4) is 0 Å². The number of thioether (sulfide) groups is 1. The van der Waals surface area contributed by atoms with Crippen molar-refractivity contribution in [2.24, 2.45) is 0 Å². The van der Waals surface area contributed by atoms with Crippen LogP contribution in [0.25, 0.3) is 0 Å². The molecule has 6 heteroatoms. The Hall–Kier alpha value is -2.18. The lowest BCUT2D eigenvalue weighted by atomic mass is 10.0. The molecule has 1 aromatic heterocycles. The summed E-state index contributed by atoms with van der Waals surface area (Å²) in [6.45, 7) is 5.04. The van der Waals surface area contributed by atoms with Crippen LogP contribution in [0.1, 0.15) is 28.6 Å². The van der Waals surface area contributed by atoms with Crippen molar-refractivity contribution in [2.75, 3.05) is 24.6 Å². The van der Waals surface area contributed by atoms with E-state index in [1.807, 2.05) is 22.5 Å². The van der Waals surface area contributed by atoms with E-state index in [4.69, 9.17) is 0 Å². The highest BCUT2D eigenvalue weighted by Crippen LogP contribution is 2.29. The Morgan fingerprint density at radius 1 is 1.00 bits per heavy atom. The first kappa shape index (κ1) is 18.2. The molecule has 0 amide bonds. The highest BCUT2D eigenvalue weighted by molar-refractivity contribution is 7.99. The molecule has 0 aliphatic carbocycles. The monoisotopic (exact) mass is 379 g/mol. The maximum atomic E-state index is 4.46. The van der Waals surface area contributed by atoms with Crippen molar-refractivity contribution in [1.29, 1.82) is 0 Å². The zero-order valence-electron chi connectivity index (χ0n) is 15.7. The van der Waals surface area contributed by atoms with E-state index < -0.39 is 0 Å². The summed E-state index contributed by atoms with van der Waals surface area (Å²) < 4.78 is 1.99. The van der Waals surface area contributed by atoms with E-state index in [0.717, 1.165) is 43.4 Å². The number of aryl methyl sites for hydroxylation is 3. The topological polar surface area (TPSA) is 46.8 Å². The SMILES string of the molecule is Cc1ccc([C@H](c2nnnn2CCc2ccccc2)N2CCSCC2)cc1. The van der Waals surface area contributed by atoms with E-state index in [2.05, 4.69) is 75.9 Å². The van der Waals surface area contributed by atoms with Crippen LogP contribution < -0.4 is 0 Å². The van der Waals surface area contributed by atoms with E-state index in [9.17, 15) is 0 Å². The first-order chi connectivity index (χ1) is 13.3. The standard InChI is InChI=1S/C21H25N5S/c1-17-7-9-19(10-8-17)20(25-13-15-27-16-14-25)21-22-23-24-26(21)12-11-18-5-3-2-4-6-18/h2-10,20H,11-16H2,1H3/t20-/m1/s1. The van der Waals surface area contributed by atoms with Gasteiger partial charge in [-0.05, 0) is 34.9 Å². The van der Waals surface area contributed by atoms with Gasteiger partial charge in [0.15, 0.2) is 5.82 Å². The normalized spacial score (nSPS) is 16.3. The Morgan fingerprint density at radius 3 is 2.48 bits per heavy atom. The van der Waals surface area contributed by atoms with Gasteiger partial charge in [-0.15, -0.1) is 5.10 Å². The van der Waals surface area contributed by atoms with Crippen LogP contribution in [0, 0.1) is 6.92 Å². The molecule has 1 atom stereocenters. The Kier molecular flexibility index (Phi) is 5.84. The molecule has 3 aromatic rings. The largest absolute Gasteiger partial charge is 0.288 e. The minimum atomic E-state index is 0.109. The summed E-state index contributed by atoms with van der Waals surface area (Å²) in [7, 11) is 0. The van der Waals surface area contributed by atoms with E-state index in [0.29, 0.717) is 0 Å². The van der Waals surface area contributed by atoms with Gasteiger partial charge in [0.1, 0.15) is 0 Å². The Morgan fingerprint density at radius 2 is 1.74 bits per heavy atom. The van der Waals surface area contributed by atoms with Crippen LogP contribution in [0.4, 0.5) is 0 Å². The molecular weight excluding hydrogens is 354 g/mol. The summed E-state index contributed by atoms with van der Waals surface area (Å²) in [6.07, 6.45) is 0.926. The fraction of sp³-hybridized carbons (Fsp3) is 0.381. The summed E-state index contributed by atoms with van der Waals surface area (Å²) >= 11 is 2.02. The van der Waals surface area contributed by atoms with E-state index in [-0.39, 0.29) is 6.04 Å². The Balaban J connectivity index is 1.62. The van der Waals surface area contributed by atoms with Crippen molar-refractivity contribution in [2.45, 2.75) is 25.9 Å². The molecule has 0 unspecified atom stereocenters. The molecule has 0 saturated carbocycles. The van der Waals surface area contributed by atoms with Gasteiger partial charge in [-0.2, -0.15) is 11.8 Å². The summed E-state index contributed by atoms with van der Waals surface area (Å²) in [4.78, 5) is 2.52. The number of rotatable bonds is 6. The van der Waals surface area contributed by atoms with Crippen molar-refractivity contribution in [1.82, 2.24) is 25.1 Å². The highest BCUT2D eigenvalue weighted by Gasteiger charge is 2.28. The average Bonchev–Trinajstić information content (AvgIpc) is 3.18. The van der Waals surface area contributed by atoms with Crippen molar-refractivity contribution < 1.29 is 0 Å². The van der Waals surface area contributed by atoms with E-state index in [1.54, 1.807) is 0 Å². The maximum Gasteiger partial charge on any atom is 0.173 e. The van der Waals surface area contributed by atoms with Crippen LogP contribution in [0.2, 0.25) is 0 Å². The van der Waals surface area contributed by atoms with Gasteiger partial charge in [0.05, 0.1) is 6.04 Å². The molecule has 0 bridgehead atoms. The molecule has 0 N–H and O–H groups in total. The van der Waals surface area contributed by atoms with Crippen molar-refractivity contribution in [3.63, 3.8) is 0 Å². The number of benzene rings is 2.